The fraction of sp³-hybridized carbons (Fsp3) is 0.500. The van der Waals surface area contributed by atoms with E-state index in [1.54, 1.807) is 0 Å². The molecule has 0 saturated heterocycles. The molecule has 0 fully saturated rings. The maximum atomic E-state index is 11.0. The minimum absolute atomic E-state index is 0.0798. The van der Waals surface area contributed by atoms with E-state index in [1.165, 1.54) is 29.5 Å². The Hall–Kier alpha value is -1.73. The van der Waals surface area contributed by atoms with Crippen molar-refractivity contribution in [1.82, 2.24) is 19.7 Å². The predicted octanol–water partition coefficient (Wildman–Crippen LogP) is 1.78. The summed E-state index contributed by atoms with van der Waals surface area (Å²) in [4.78, 5) is 18.8. The van der Waals surface area contributed by atoms with E-state index in [1.807, 2.05) is 17.9 Å². The Labute approximate surface area is 127 Å². The molecule has 1 amide bonds. The number of carbonyl (C=O) groups is 1. The topological polar surface area (TPSA) is 63.1 Å². The zero-order chi connectivity index (χ0) is 14.8. The third-order valence-corrected chi connectivity index (χ3v) is 4.40. The summed E-state index contributed by atoms with van der Waals surface area (Å²) in [5, 5.41) is 7.95. The molecule has 0 aromatic carbocycles. The van der Waals surface area contributed by atoms with Gasteiger partial charge in [0.15, 0.2) is 5.13 Å². The van der Waals surface area contributed by atoms with Gasteiger partial charge < -0.3 is 5.32 Å². The molecule has 0 spiro atoms. The molecule has 0 radical (unpaired) electrons. The summed E-state index contributed by atoms with van der Waals surface area (Å²) in [5.74, 6) is -0.0798. The van der Waals surface area contributed by atoms with Gasteiger partial charge in [-0.05, 0) is 24.9 Å². The first kappa shape index (κ1) is 14.2. The van der Waals surface area contributed by atoms with Crippen molar-refractivity contribution in [3.63, 3.8) is 0 Å². The van der Waals surface area contributed by atoms with Gasteiger partial charge in [0.05, 0.1) is 5.69 Å². The second-order valence-electron chi connectivity index (χ2n) is 5.40. The molecular weight excluding hydrogens is 286 g/mol. The predicted molar refractivity (Wildman–Crippen MR) is 82.1 cm³/mol. The second kappa shape index (κ2) is 5.95. The van der Waals surface area contributed by atoms with Crippen molar-refractivity contribution in [2.24, 2.45) is 7.05 Å². The minimum Gasteiger partial charge on any atom is -0.302 e. The van der Waals surface area contributed by atoms with E-state index >= 15 is 0 Å². The summed E-state index contributed by atoms with van der Waals surface area (Å²) in [6.45, 7) is 4.29. The lowest BCUT2D eigenvalue weighted by Crippen LogP contribution is -2.22. The molecule has 3 heterocycles. The van der Waals surface area contributed by atoms with Gasteiger partial charge in [-0.1, -0.05) is 0 Å². The van der Waals surface area contributed by atoms with Crippen molar-refractivity contribution in [1.29, 1.82) is 0 Å². The van der Waals surface area contributed by atoms with Crippen LogP contribution in [0.2, 0.25) is 0 Å². The van der Waals surface area contributed by atoms with Crippen molar-refractivity contribution in [2.45, 2.75) is 32.9 Å². The Morgan fingerprint density at radius 2 is 2.38 bits per heavy atom. The minimum atomic E-state index is -0.0798. The van der Waals surface area contributed by atoms with Gasteiger partial charge in [0.2, 0.25) is 5.91 Å². The van der Waals surface area contributed by atoms with E-state index in [9.17, 15) is 4.79 Å². The monoisotopic (exact) mass is 305 g/mol. The van der Waals surface area contributed by atoms with Gasteiger partial charge in [0.25, 0.3) is 0 Å². The molecule has 0 bridgehead atoms. The van der Waals surface area contributed by atoms with E-state index in [0.717, 1.165) is 37.4 Å². The quantitative estimate of drug-likeness (QED) is 0.939. The van der Waals surface area contributed by atoms with E-state index in [0.29, 0.717) is 5.13 Å². The summed E-state index contributed by atoms with van der Waals surface area (Å²) >= 11 is 1.54. The number of amides is 1. The standard InChI is InChI=1S/C14H19N5OS/c1-10(20)16-14-15-6-12(21-14)8-19-5-3-4-11-7-18(2)17-13(11)9-19/h6-7H,3-5,8-9H2,1-2H3,(H,15,16,20). The number of aryl methyl sites for hydroxylation is 2. The number of anilines is 1. The SMILES string of the molecule is CC(=O)Nc1ncc(CN2CCCc3cn(C)nc3C2)s1. The van der Waals surface area contributed by atoms with E-state index in [-0.39, 0.29) is 5.91 Å². The number of nitrogens with zero attached hydrogens (tertiary/aromatic N) is 4. The molecule has 21 heavy (non-hydrogen) atoms. The Morgan fingerprint density at radius 1 is 1.52 bits per heavy atom. The highest BCUT2D eigenvalue weighted by atomic mass is 32.1. The molecule has 0 saturated carbocycles. The van der Waals surface area contributed by atoms with Gasteiger partial charge in [0, 0.05) is 44.3 Å². The number of fused-ring (bicyclic) bond motifs is 1. The summed E-state index contributed by atoms with van der Waals surface area (Å²) in [5.41, 5.74) is 2.55. The first-order valence-corrected chi connectivity index (χ1v) is 7.88. The van der Waals surface area contributed by atoms with E-state index in [4.69, 9.17) is 0 Å². The summed E-state index contributed by atoms with van der Waals surface area (Å²) in [6, 6.07) is 0. The molecule has 7 heteroatoms. The highest BCUT2D eigenvalue weighted by molar-refractivity contribution is 7.15. The highest BCUT2D eigenvalue weighted by Crippen LogP contribution is 2.23. The Kier molecular flexibility index (Phi) is 4.03. The first-order valence-electron chi connectivity index (χ1n) is 7.06. The fourth-order valence-corrected chi connectivity index (χ4v) is 3.55. The van der Waals surface area contributed by atoms with Crippen LogP contribution in [0.5, 0.6) is 0 Å². The van der Waals surface area contributed by atoms with Crippen LogP contribution in [0.1, 0.15) is 29.5 Å². The van der Waals surface area contributed by atoms with Crippen molar-refractivity contribution >= 4 is 22.4 Å². The molecule has 3 rings (SSSR count). The van der Waals surface area contributed by atoms with Crippen LogP contribution in [0, 0.1) is 0 Å². The van der Waals surface area contributed by atoms with Gasteiger partial charge in [0.1, 0.15) is 0 Å². The summed E-state index contributed by atoms with van der Waals surface area (Å²) < 4.78 is 1.90. The normalized spacial score (nSPS) is 15.5. The number of rotatable bonds is 3. The molecule has 1 aliphatic heterocycles. The molecule has 0 atom stereocenters. The van der Waals surface area contributed by atoms with Crippen molar-refractivity contribution in [3.05, 3.63) is 28.5 Å². The smallest absolute Gasteiger partial charge is 0.223 e. The molecule has 6 nitrogen and oxygen atoms in total. The van der Waals surface area contributed by atoms with Crippen molar-refractivity contribution in [3.8, 4) is 0 Å². The number of nitrogens with one attached hydrogen (secondary N) is 1. The lowest BCUT2D eigenvalue weighted by atomic mass is 10.2. The van der Waals surface area contributed by atoms with Gasteiger partial charge in [-0.2, -0.15) is 5.10 Å². The van der Waals surface area contributed by atoms with Gasteiger partial charge >= 0.3 is 0 Å². The van der Waals surface area contributed by atoms with Crippen molar-refractivity contribution in [2.75, 3.05) is 11.9 Å². The van der Waals surface area contributed by atoms with E-state index < -0.39 is 0 Å². The average Bonchev–Trinajstić information content (AvgIpc) is 2.91. The average molecular weight is 305 g/mol. The largest absolute Gasteiger partial charge is 0.302 e. The number of carbonyl (C=O) groups excluding carboxylic acids is 1. The third-order valence-electron chi connectivity index (χ3n) is 3.50. The first-order chi connectivity index (χ1) is 10.1. The Morgan fingerprint density at radius 3 is 3.19 bits per heavy atom. The molecule has 0 unspecified atom stereocenters. The van der Waals surface area contributed by atoms with Gasteiger partial charge in [-0.3, -0.25) is 14.4 Å². The maximum Gasteiger partial charge on any atom is 0.223 e. The van der Waals surface area contributed by atoms with Crippen LogP contribution in [0.25, 0.3) is 0 Å². The van der Waals surface area contributed by atoms with Gasteiger partial charge in [-0.15, -0.1) is 11.3 Å². The number of hydrogen-bond acceptors (Lipinski definition) is 5. The lowest BCUT2D eigenvalue weighted by molar-refractivity contribution is -0.114. The number of aromatic nitrogens is 3. The molecule has 1 N–H and O–H groups in total. The Balaban J connectivity index is 1.67. The van der Waals surface area contributed by atoms with Gasteiger partial charge in [-0.25, -0.2) is 4.98 Å². The van der Waals surface area contributed by atoms with Crippen LogP contribution in [0.3, 0.4) is 0 Å². The van der Waals surface area contributed by atoms with E-state index in [2.05, 4.69) is 26.5 Å². The number of thiazole rings is 1. The summed E-state index contributed by atoms with van der Waals surface area (Å²) in [6.07, 6.45) is 6.22. The van der Waals surface area contributed by atoms with Crippen LogP contribution in [0.15, 0.2) is 12.4 Å². The van der Waals surface area contributed by atoms with Crippen LogP contribution in [0.4, 0.5) is 5.13 Å². The maximum absolute atomic E-state index is 11.0. The zero-order valence-electron chi connectivity index (χ0n) is 12.3. The lowest BCUT2D eigenvalue weighted by Gasteiger charge is -2.18. The third kappa shape index (κ3) is 3.48. The number of hydrogen-bond donors (Lipinski definition) is 1. The molecule has 2 aromatic rings. The van der Waals surface area contributed by atoms with Crippen LogP contribution in [-0.2, 0) is 31.4 Å². The second-order valence-corrected chi connectivity index (χ2v) is 6.52. The van der Waals surface area contributed by atoms with Crippen LogP contribution < -0.4 is 5.32 Å². The summed E-state index contributed by atoms with van der Waals surface area (Å²) in [7, 11) is 1.97. The van der Waals surface area contributed by atoms with Crippen LogP contribution in [-0.4, -0.2) is 32.1 Å². The molecule has 112 valence electrons. The van der Waals surface area contributed by atoms with Crippen LogP contribution >= 0.6 is 11.3 Å². The fourth-order valence-electron chi connectivity index (χ4n) is 2.65. The Bertz CT molecular complexity index is 648. The van der Waals surface area contributed by atoms with Crippen molar-refractivity contribution < 1.29 is 4.79 Å². The highest BCUT2D eigenvalue weighted by Gasteiger charge is 2.18. The molecule has 0 aliphatic carbocycles. The molecular formula is C14H19N5OS. The molecule has 1 aliphatic rings. The zero-order valence-corrected chi connectivity index (χ0v) is 13.1. The molecule has 2 aromatic heterocycles.